The highest BCUT2D eigenvalue weighted by molar-refractivity contribution is 5.95. The standard InChI is InChI=1S/C23H33N3O6/c1-5-32-22(27)18-16(14-26-12-8-6-7-9-13-26)24-23(28)25-19(18)15-10-11-17(29-2)21(31-4)20(15)30-3/h10-11,19H,5-9,12-14H2,1-4H3,(H2,24,25,28)/t19-/m0/s1. The van der Waals surface area contributed by atoms with Gasteiger partial charge in [-0.2, -0.15) is 0 Å². The first-order valence-electron chi connectivity index (χ1n) is 11.0. The number of rotatable bonds is 8. The number of nitrogens with one attached hydrogen (secondary N) is 2. The van der Waals surface area contributed by atoms with E-state index in [0.29, 0.717) is 40.6 Å². The fraction of sp³-hybridized carbons (Fsp3) is 0.565. The summed E-state index contributed by atoms with van der Waals surface area (Å²) < 4.78 is 21.9. The molecule has 2 heterocycles. The van der Waals surface area contributed by atoms with Gasteiger partial charge < -0.3 is 29.6 Å². The van der Waals surface area contributed by atoms with Crippen molar-refractivity contribution in [2.45, 2.75) is 38.6 Å². The zero-order chi connectivity index (χ0) is 23.1. The SMILES string of the molecule is CCOC(=O)C1=C(CN2CCCCCC2)NC(=O)N[C@H]1c1ccc(OC)c(OC)c1OC. The molecular weight excluding hydrogens is 414 g/mol. The highest BCUT2D eigenvalue weighted by Gasteiger charge is 2.37. The second-order valence-corrected chi connectivity index (χ2v) is 7.76. The van der Waals surface area contributed by atoms with Crippen molar-refractivity contribution in [1.82, 2.24) is 15.5 Å². The van der Waals surface area contributed by atoms with Crippen molar-refractivity contribution in [3.63, 3.8) is 0 Å². The summed E-state index contributed by atoms with van der Waals surface area (Å²) in [7, 11) is 4.56. The van der Waals surface area contributed by atoms with Gasteiger partial charge in [0.05, 0.1) is 39.6 Å². The van der Waals surface area contributed by atoms with Gasteiger partial charge >= 0.3 is 12.0 Å². The van der Waals surface area contributed by atoms with Crippen LogP contribution in [-0.2, 0) is 9.53 Å². The minimum atomic E-state index is -0.764. The lowest BCUT2D eigenvalue weighted by molar-refractivity contribution is -0.139. The summed E-state index contributed by atoms with van der Waals surface area (Å²) >= 11 is 0. The molecule has 2 aliphatic rings. The van der Waals surface area contributed by atoms with Crippen LogP contribution < -0.4 is 24.8 Å². The van der Waals surface area contributed by atoms with Crippen LogP contribution in [0.2, 0.25) is 0 Å². The second kappa shape index (κ2) is 11.1. The molecule has 2 amide bonds. The molecule has 0 spiro atoms. The minimum Gasteiger partial charge on any atom is -0.493 e. The van der Waals surface area contributed by atoms with Gasteiger partial charge in [0, 0.05) is 17.8 Å². The van der Waals surface area contributed by atoms with E-state index < -0.39 is 12.0 Å². The summed E-state index contributed by atoms with van der Waals surface area (Å²) in [4.78, 5) is 28.0. The molecule has 3 rings (SSSR count). The molecule has 1 aromatic rings. The number of methoxy groups -OCH3 is 3. The van der Waals surface area contributed by atoms with E-state index >= 15 is 0 Å². The number of benzene rings is 1. The summed E-state index contributed by atoms with van der Waals surface area (Å²) in [6.07, 6.45) is 4.58. The van der Waals surface area contributed by atoms with Gasteiger partial charge in [-0.05, 0) is 45.0 Å². The van der Waals surface area contributed by atoms with Gasteiger partial charge in [-0.25, -0.2) is 9.59 Å². The van der Waals surface area contributed by atoms with Gasteiger partial charge in [-0.15, -0.1) is 0 Å². The Hall–Kier alpha value is -2.94. The predicted molar refractivity (Wildman–Crippen MR) is 119 cm³/mol. The largest absolute Gasteiger partial charge is 0.493 e. The first-order valence-corrected chi connectivity index (χ1v) is 11.0. The van der Waals surface area contributed by atoms with Gasteiger partial charge in [-0.1, -0.05) is 12.8 Å². The average molecular weight is 448 g/mol. The van der Waals surface area contributed by atoms with Crippen molar-refractivity contribution in [3.8, 4) is 17.2 Å². The van der Waals surface area contributed by atoms with Crippen molar-refractivity contribution in [2.24, 2.45) is 0 Å². The van der Waals surface area contributed by atoms with E-state index in [-0.39, 0.29) is 12.6 Å². The van der Waals surface area contributed by atoms with E-state index in [1.54, 1.807) is 19.1 Å². The Kier molecular flexibility index (Phi) is 8.21. The monoisotopic (exact) mass is 447 g/mol. The number of urea groups is 1. The molecule has 176 valence electrons. The first-order chi connectivity index (χ1) is 15.5. The Labute approximate surface area is 189 Å². The molecule has 2 aliphatic heterocycles. The third-order valence-electron chi connectivity index (χ3n) is 5.78. The van der Waals surface area contributed by atoms with Crippen LogP contribution in [0, 0.1) is 0 Å². The highest BCUT2D eigenvalue weighted by atomic mass is 16.5. The summed E-state index contributed by atoms with van der Waals surface area (Å²) in [5.41, 5.74) is 1.49. The van der Waals surface area contributed by atoms with Crippen molar-refractivity contribution < 1.29 is 28.5 Å². The van der Waals surface area contributed by atoms with Crippen LogP contribution in [-0.4, -0.2) is 64.5 Å². The molecule has 1 atom stereocenters. The third-order valence-corrected chi connectivity index (χ3v) is 5.78. The molecule has 32 heavy (non-hydrogen) atoms. The number of nitrogens with zero attached hydrogens (tertiary/aromatic N) is 1. The average Bonchev–Trinajstić information content (AvgIpc) is 3.06. The molecule has 0 aromatic heterocycles. The maximum atomic E-state index is 13.1. The number of amides is 2. The maximum absolute atomic E-state index is 13.1. The van der Waals surface area contributed by atoms with Crippen LogP contribution in [0.4, 0.5) is 4.79 Å². The highest BCUT2D eigenvalue weighted by Crippen LogP contribution is 2.44. The lowest BCUT2D eigenvalue weighted by Crippen LogP contribution is -2.48. The smallest absolute Gasteiger partial charge is 0.338 e. The van der Waals surface area contributed by atoms with Crippen molar-refractivity contribution in [1.29, 1.82) is 0 Å². The Morgan fingerprint density at radius 2 is 1.72 bits per heavy atom. The summed E-state index contributed by atoms with van der Waals surface area (Å²) in [5, 5.41) is 5.71. The van der Waals surface area contributed by atoms with E-state index in [9.17, 15) is 9.59 Å². The van der Waals surface area contributed by atoms with Gasteiger partial charge in [0.1, 0.15) is 0 Å². The molecule has 1 fully saturated rings. The van der Waals surface area contributed by atoms with Crippen LogP contribution in [0.3, 0.4) is 0 Å². The van der Waals surface area contributed by atoms with Crippen LogP contribution in [0.25, 0.3) is 0 Å². The Balaban J connectivity index is 2.10. The lowest BCUT2D eigenvalue weighted by atomic mass is 9.93. The molecule has 0 saturated carbocycles. The molecule has 0 unspecified atom stereocenters. The zero-order valence-electron chi connectivity index (χ0n) is 19.3. The third kappa shape index (κ3) is 5.09. The van der Waals surface area contributed by atoms with Gasteiger partial charge in [-0.3, -0.25) is 4.90 Å². The van der Waals surface area contributed by atoms with Gasteiger partial charge in [0.25, 0.3) is 0 Å². The Morgan fingerprint density at radius 3 is 2.31 bits per heavy atom. The van der Waals surface area contributed by atoms with E-state index in [1.807, 2.05) is 0 Å². The van der Waals surface area contributed by atoms with Crippen LogP contribution in [0.1, 0.15) is 44.2 Å². The van der Waals surface area contributed by atoms with Crippen LogP contribution in [0.15, 0.2) is 23.4 Å². The fourth-order valence-electron chi connectivity index (χ4n) is 4.30. The summed E-state index contributed by atoms with van der Waals surface area (Å²) in [6, 6.07) is 2.34. The molecule has 0 aliphatic carbocycles. The minimum absolute atomic E-state index is 0.225. The number of esters is 1. The van der Waals surface area contributed by atoms with E-state index in [0.717, 1.165) is 25.9 Å². The number of hydrogen-bond acceptors (Lipinski definition) is 7. The van der Waals surface area contributed by atoms with Crippen LogP contribution in [0.5, 0.6) is 17.2 Å². The quantitative estimate of drug-likeness (QED) is 0.591. The van der Waals surface area contributed by atoms with Crippen molar-refractivity contribution in [2.75, 3.05) is 47.6 Å². The molecule has 1 saturated heterocycles. The maximum Gasteiger partial charge on any atom is 0.338 e. The summed E-state index contributed by atoms with van der Waals surface area (Å²) in [5.74, 6) is 0.777. The lowest BCUT2D eigenvalue weighted by Gasteiger charge is -2.32. The molecular formula is C23H33N3O6. The number of carbonyl (C=O) groups is 2. The van der Waals surface area contributed by atoms with Crippen molar-refractivity contribution >= 4 is 12.0 Å². The number of hydrogen-bond donors (Lipinski definition) is 2. The number of ether oxygens (including phenoxy) is 4. The summed E-state index contributed by atoms with van der Waals surface area (Å²) in [6.45, 7) is 4.30. The second-order valence-electron chi connectivity index (χ2n) is 7.76. The predicted octanol–water partition coefficient (Wildman–Crippen LogP) is 2.76. The van der Waals surface area contributed by atoms with Gasteiger partial charge in [0.15, 0.2) is 11.5 Å². The normalized spacial score (nSPS) is 19.5. The fourth-order valence-corrected chi connectivity index (χ4v) is 4.30. The molecule has 2 N–H and O–H groups in total. The Morgan fingerprint density at radius 1 is 1.03 bits per heavy atom. The molecule has 9 heteroatoms. The topological polar surface area (TPSA) is 98.4 Å². The molecule has 0 bridgehead atoms. The van der Waals surface area contributed by atoms with Crippen LogP contribution >= 0.6 is 0 Å². The Bertz CT molecular complexity index is 862. The van der Waals surface area contributed by atoms with Gasteiger partial charge in [0.2, 0.25) is 5.75 Å². The molecule has 9 nitrogen and oxygen atoms in total. The molecule has 0 radical (unpaired) electrons. The first kappa shape index (κ1) is 23.7. The van der Waals surface area contributed by atoms with E-state index in [1.165, 1.54) is 34.2 Å². The van der Waals surface area contributed by atoms with E-state index in [2.05, 4.69) is 15.5 Å². The van der Waals surface area contributed by atoms with Crippen molar-refractivity contribution in [3.05, 3.63) is 29.0 Å². The van der Waals surface area contributed by atoms with E-state index in [4.69, 9.17) is 18.9 Å². The molecule has 1 aromatic carbocycles. The zero-order valence-corrected chi connectivity index (χ0v) is 19.3. The number of likely N-dealkylation sites (tertiary alicyclic amines) is 1. The number of carbonyl (C=O) groups excluding carboxylic acids is 2.